The monoisotopic (exact) mass is 594 g/mol. The average Bonchev–Trinajstić information content (AvgIpc) is 3.08. The van der Waals surface area contributed by atoms with Crippen LogP contribution in [0.25, 0.3) is 10.8 Å². The maximum Gasteiger partial charge on any atom is 0.321 e. The van der Waals surface area contributed by atoms with E-state index in [1.54, 1.807) is 14.2 Å². The lowest BCUT2D eigenvalue weighted by molar-refractivity contribution is 0.207. The number of carbonyl (C=O) groups is 2. The standard InChI is InChI=1S/C34H38N6O4/c1-43-31-15-5-3-13-29(31)37-17-21-39(22-18-37)33(41)35-27-11-7-10-26-25(27)9-8-12-28(26)36-34(42)40-23-19-38(20-24-40)30-14-4-6-16-32(30)44-2/h3-16H,17-24H2,1-2H3,(H,35,41)(H,36,42). The van der Waals surface area contributed by atoms with Gasteiger partial charge in [0, 0.05) is 63.1 Å². The summed E-state index contributed by atoms with van der Waals surface area (Å²) < 4.78 is 11.0. The topological polar surface area (TPSA) is 89.6 Å². The number of rotatable bonds is 6. The number of nitrogens with zero attached hydrogens (tertiary/aromatic N) is 4. The van der Waals surface area contributed by atoms with Crippen LogP contribution in [-0.2, 0) is 0 Å². The number of carbonyl (C=O) groups excluding carboxylic acids is 2. The summed E-state index contributed by atoms with van der Waals surface area (Å²) in [7, 11) is 3.35. The number of ether oxygens (including phenoxy) is 2. The SMILES string of the molecule is COc1ccccc1N1CCN(C(=O)Nc2cccc3c(NC(=O)N4CCN(c5ccccc5OC)CC4)cccc23)CC1. The molecule has 10 nitrogen and oxygen atoms in total. The molecule has 0 aliphatic carbocycles. The summed E-state index contributed by atoms with van der Waals surface area (Å²) >= 11 is 0. The summed E-state index contributed by atoms with van der Waals surface area (Å²) in [5, 5.41) is 7.96. The number of hydrogen-bond donors (Lipinski definition) is 2. The highest BCUT2D eigenvalue weighted by Crippen LogP contribution is 2.32. The van der Waals surface area contributed by atoms with Gasteiger partial charge in [-0.15, -0.1) is 0 Å². The first-order valence-corrected chi connectivity index (χ1v) is 14.9. The van der Waals surface area contributed by atoms with Gasteiger partial charge in [-0.1, -0.05) is 48.5 Å². The van der Waals surface area contributed by atoms with Gasteiger partial charge in [-0.25, -0.2) is 9.59 Å². The second kappa shape index (κ2) is 13.0. The van der Waals surface area contributed by atoms with E-state index in [2.05, 4.69) is 20.4 Å². The fourth-order valence-electron chi connectivity index (χ4n) is 6.00. The van der Waals surface area contributed by atoms with E-state index in [0.717, 1.165) is 33.6 Å². The van der Waals surface area contributed by atoms with Gasteiger partial charge in [0.05, 0.1) is 37.0 Å². The summed E-state index contributed by atoms with van der Waals surface area (Å²) in [4.78, 5) is 34.8. The van der Waals surface area contributed by atoms with Gasteiger partial charge in [-0.2, -0.15) is 0 Å². The third-order valence-electron chi connectivity index (χ3n) is 8.39. The van der Waals surface area contributed by atoms with E-state index in [1.165, 1.54) is 0 Å². The maximum absolute atomic E-state index is 13.3. The van der Waals surface area contributed by atoms with Gasteiger partial charge in [0.1, 0.15) is 11.5 Å². The van der Waals surface area contributed by atoms with Crippen molar-refractivity contribution < 1.29 is 19.1 Å². The summed E-state index contributed by atoms with van der Waals surface area (Å²) in [6.07, 6.45) is 0. The van der Waals surface area contributed by atoms with E-state index in [4.69, 9.17) is 9.47 Å². The van der Waals surface area contributed by atoms with Crippen molar-refractivity contribution in [2.75, 3.05) is 87.0 Å². The molecule has 2 aliphatic heterocycles. The molecule has 0 radical (unpaired) electrons. The van der Waals surface area contributed by atoms with Crippen molar-refractivity contribution in [1.29, 1.82) is 0 Å². The molecule has 0 atom stereocenters. The van der Waals surface area contributed by atoms with Gasteiger partial charge in [-0.3, -0.25) is 0 Å². The zero-order valence-electron chi connectivity index (χ0n) is 25.2. The Morgan fingerprint density at radius 1 is 0.523 bits per heavy atom. The van der Waals surface area contributed by atoms with Crippen molar-refractivity contribution in [1.82, 2.24) is 9.80 Å². The minimum Gasteiger partial charge on any atom is -0.495 e. The van der Waals surface area contributed by atoms with Crippen LogP contribution in [0.5, 0.6) is 11.5 Å². The Kier molecular flexibility index (Phi) is 8.58. The maximum atomic E-state index is 13.3. The molecular formula is C34H38N6O4. The van der Waals surface area contributed by atoms with Crippen LogP contribution in [0.2, 0.25) is 0 Å². The van der Waals surface area contributed by atoms with Crippen LogP contribution in [0, 0.1) is 0 Å². The number of urea groups is 2. The normalized spacial score (nSPS) is 15.2. The Hall–Kier alpha value is -5.12. The van der Waals surface area contributed by atoms with Crippen molar-refractivity contribution in [3.05, 3.63) is 84.9 Å². The number of fused-ring (bicyclic) bond motifs is 1. The number of benzene rings is 4. The van der Waals surface area contributed by atoms with Crippen LogP contribution in [0.15, 0.2) is 84.9 Å². The van der Waals surface area contributed by atoms with Gasteiger partial charge < -0.3 is 39.7 Å². The Bertz CT molecular complexity index is 1510. The number of amides is 4. The van der Waals surface area contributed by atoms with Crippen molar-refractivity contribution in [3.63, 3.8) is 0 Å². The van der Waals surface area contributed by atoms with Crippen molar-refractivity contribution in [2.24, 2.45) is 0 Å². The summed E-state index contributed by atoms with van der Waals surface area (Å²) in [6, 6.07) is 27.2. The first-order chi connectivity index (χ1) is 21.6. The number of anilines is 4. The summed E-state index contributed by atoms with van der Waals surface area (Å²) in [5.74, 6) is 1.67. The van der Waals surface area contributed by atoms with Crippen molar-refractivity contribution in [3.8, 4) is 11.5 Å². The molecule has 4 aromatic carbocycles. The Morgan fingerprint density at radius 3 is 1.30 bits per heavy atom. The zero-order valence-corrected chi connectivity index (χ0v) is 25.2. The molecule has 0 saturated carbocycles. The molecule has 4 amide bonds. The molecule has 0 spiro atoms. The fourth-order valence-corrected chi connectivity index (χ4v) is 6.00. The molecule has 2 fully saturated rings. The van der Waals surface area contributed by atoms with Crippen LogP contribution in [0.3, 0.4) is 0 Å². The van der Waals surface area contributed by atoms with E-state index >= 15 is 0 Å². The van der Waals surface area contributed by atoms with Crippen LogP contribution in [0.4, 0.5) is 32.3 Å². The van der Waals surface area contributed by atoms with Gasteiger partial charge in [-0.05, 0) is 36.4 Å². The van der Waals surface area contributed by atoms with E-state index in [1.807, 2.05) is 94.7 Å². The fraction of sp³-hybridized carbons (Fsp3) is 0.294. The molecule has 2 aliphatic rings. The summed E-state index contributed by atoms with van der Waals surface area (Å²) in [6.45, 7) is 5.25. The highest BCUT2D eigenvalue weighted by Gasteiger charge is 2.25. The van der Waals surface area contributed by atoms with Crippen LogP contribution in [-0.4, -0.2) is 88.4 Å². The zero-order chi connectivity index (χ0) is 30.5. The smallest absolute Gasteiger partial charge is 0.321 e. The molecule has 228 valence electrons. The van der Waals surface area contributed by atoms with Gasteiger partial charge >= 0.3 is 12.1 Å². The molecule has 4 aromatic rings. The third-order valence-corrected chi connectivity index (χ3v) is 8.39. The lowest BCUT2D eigenvalue weighted by Crippen LogP contribution is -2.50. The molecule has 2 heterocycles. The lowest BCUT2D eigenvalue weighted by Gasteiger charge is -2.36. The number of methoxy groups -OCH3 is 2. The number of para-hydroxylation sites is 4. The average molecular weight is 595 g/mol. The number of hydrogen-bond acceptors (Lipinski definition) is 6. The van der Waals surface area contributed by atoms with E-state index in [0.29, 0.717) is 63.7 Å². The molecule has 2 N–H and O–H groups in total. The highest BCUT2D eigenvalue weighted by molar-refractivity contribution is 6.08. The summed E-state index contributed by atoms with van der Waals surface area (Å²) in [5.41, 5.74) is 3.50. The van der Waals surface area contributed by atoms with Crippen LogP contribution < -0.4 is 29.9 Å². The highest BCUT2D eigenvalue weighted by atomic mass is 16.5. The third kappa shape index (κ3) is 6.01. The van der Waals surface area contributed by atoms with Gasteiger partial charge in [0.2, 0.25) is 0 Å². The number of nitrogens with one attached hydrogen (secondary N) is 2. The van der Waals surface area contributed by atoms with Crippen LogP contribution >= 0.6 is 0 Å². The van der Waals surface area contributed by atoms with Gasteiger partial charge in [0.25, 0.3) is 0 Å². The first-order valence-electron chi connectivity index (χ1n) is 14.9. The van der Waals surface area contributed by atoms with E-state index in [-0.39, 0.29) is 12.1 Å². The minimum atomic E-state index is -0.139. The quantitative estimate of drug-likeness (QED) is 0.304. The molecule has 6 rings (SSSR count). The predicted octanol–water partition coefficient (Wildman–Crippen LogP) is 5.57. The Balaban J connectivity index is 1.08. The largest absolute Gasteiger partial charge is 0.495 e. The molecule has 0 bridgehead atoms. The molecule has 44 heavy (non-hydrogen) atoms. The minimum absolute atomic E-state index is 0.139. The van der Waals surface area contributed by atoms with Crippen molar-refractivity contribution in [2.45, 2.75) is 0 Å². The Morgan fingerprint density at radius 2 is 0.909 bits per heavy atom. The van der Waals surface area contributed by atoms with E-state index < -0.39 is 0 Å². The first kappa shape index (κ1) is 29.0. The number of piperazine rings is 2. The second-order valence-electron chi connectivity index (χ2n) is 10.9. The predicted molar refractivity (Wildman–Crippen MR) is 176 cm³/mol. The Labute approximate surface area is 257 Å². The molecule has 2 saturated heterocycles. The molecule has 0 aromatic heterocycles. The van der Waals surface area contributed by atoms with E-state index in [9.17, 15) is 9.59 Å². The van der Waals surface area contributed by atoms with Gasteiger partial charge in [0.15, 0.2) is 0 Å². The molecular weight excluding hydrogens is 556 g/mol. The molecule has 10 heteroatoms. The van der Waals surface area contributed by atoms with Crippen LogP contribution in [0.1, 0.15) is 0 Å². The van der Waals surface area contributed by atoms with Crippen molar-refractivity contribution >= 4 is 45.6 Å². The lowest BCUT2D eigenvalue weighted by atomic mass is 10.1. The second-order valence-corrected chi connectivity index (χ2v) is 10.9. The molecule has 0 unspecified atom stereocenters.